The number of nitrogens with one attached hydrogen (secondary N) is 2. The number of urea groups is 1. The summed E-state index contributed by atoms with van der Waals surface area (Å²) in [6, 6.07) is 7.54. The maximum Gasteiger partial charge on any atom is 0.314 e. The van der Waals surface area contributed by atoms with E-state index < -0.39 is 0 Å². The molecule has 0 fully saturated rings. The van der Waals surface area contributed by atoms with E-state index in [0.29, 0.717) is 30.5 Å². The molecule has 0 aliphatic rings. The monoisotopic (exact) mass is 337 g/mol. The van der Waals surface area contributed by atoms with Crippen LogP contribution in [0.4, 0.5) is 4.79 Å². The predicted octanol–water partition coefficient (Wildman–Crippen LogP) is 3.96. The summed E-state index contributed by atoms with van der Waals surface area (Å²) in [5, 5.41) is 9.27. The summed E-state index contributed by atoms with van der Waals surface area (Å²) >= 11 is 7.74. The van der Waals surface area contributed by atoms with Crippen molar-refractivity contribution in [3.8, 4) is 10.6 Å². The second-order valence-corrected chi connectivity index (χ2v) is 6.67. The van der Waals surface area contributed by atoms with Crippen LogP contribution in [0, 0.1) is 5.92 Å². The Hall–Kier alpha value is -1.59. The number of carbonyl (C=O) groups excluding carboxylic acids is 1. The van der Waals surface area contributed by atoms with Gasteiger partial charge in [0.25, 0.3) is 0 Å². The number of benzene rings is 1. The van der Waals surface area contributed by atoms with Gasteiger partial charge >= 0.3 is 6.03 Å². The van der Waals surface area contributed by atoms with Crippen LogP contribution >= 0.6 is 22.9 Å². The second kappa shape index (κ2) is 8.15. The fraction of sp³-hybridized carbons (Fsp3) is 0.375. The number of thiazole rings is 1. The lowest BCUT2D eigenvalue weighted by Gasteiger charge is -2.08. The Balaban J connectivity index is 1.83. The van der Waals surface area contributed by atoms with E-state index in [1.165, 1.54) is 0 Å². The minimum Gasteiger partial charge on any atom is -0.338 e. The molecule has 2 N–H and O–H groups in total. The van der Waals surface area contributed by atoms with Gasteiger partial charge in [0, 0.05) is 30.5 Å². The molecule has 1 aromatic carbocycles. The molecule has 0 aliphatic heterocycles. The van der Waals surface area contributed by atoms with Gasteiger partial charge in [0.2, 0.25) is 0 Å². The van der Waals surface area contributed by atoms with Crippen LogP contribution in [-0.2, 0) is 6.42 Å². The molecular formula is C16H20ClN3OS. The Bertz CT molecular complexity index is 627. The van der Waals surface area contributed by atoms with Crippen LogP contribution in [0.15, 0.2) is 29.6 Å². The van der Waals surface area contributed by atoms with Crippen molar-refractivity contribution in [2.45, 2.75) is 20.3 Å². The molecule has 6 heteroatoms. The van der Waals surface area contributed by atoms with Gasteiger partial charge in [0.1, 0.15) is 5.01 Å². The van der Waals surface area contributed by atoms with Gasteiger partial charge in [0.05, 0.1) is 10.7 Å². The van der Waals surface area contributed by atoms with E-state index in [4.69, 9.17) is 11.6 Å². The summed E-state index contributed by atoms with van der Waals surface area (Å²) in [6.45, 7) is 5.37. The van der Waals surface area contributed by atoms with Crippen molar-refractivity contribution in [2.24, 2.45) is 5.92 Å². The Labute approximate surface area is 139 Å². The second-order valence-electron chi connectivity index (χ2n) is 5.40. The number of carbonyl (C=O) groups is 1. The number of rotatable bonds is 6. The van der Waals surface area contributed by atoms with E-state index >= 15 is 0 Å². The highest BCUT2D eigenvalue weighted by Crippen LogP contribution is 2.30. The van der Waals surface area contributed by atoms with E-state index in [-0.39, 0.29) is 6.03 Å². The summed E-state index contributed by atoms with van der Waals surface area (Å²) in [6.07, 6.45) is 0.704. The van der Waals surface area contributed by atoms with Crippen LogP contribution in [-0.4, -0.2) is 24.1 Å². The Morgan fingerprint density at radius 1 is 1.32 bits per heavy atom. The van der Waals surface area contributed by atoms with Gasteiger partial charge in [-0.15, -0.1) is 11.3 Å². The molecule has 2 rings (SSSR count). The molecule has 0 saturated carbocycles. The smallest absolute Gasteiger partial charge is 0.314 e. The first kappa shape index (κ1) is 16.8. The van der Waals surface area contributed by atoms with Gasteiger partial charge in [-0.1, -0.05) is 43.6 Å². The van der Waals surface area contributed by atoms with Crippen molar-refractivity contribution >= 4 is 29.0 Å². The lowest BCUT2D eigenvalue weighted by Crippen LogP contribution is -2.38. The molecule has 118 valence electrons. The number of amides is 2. The molecule has 1 heterocycles. The third-order valence-electron chi connectivity index (χ3n) is 2.99. The molecule has 4 nitrogen and oxygen atoms in total. The van der Waals surface area contributed by atoms with Crippen LogP contribution < -0.4 is 10.6 Å². The fourth-order valence-corrected chi connectivity index (χ4v) is 3.02. The summed E-state index contributed by atoms with van der Waals surface area (Å²) in [5.74, 6) is 0.447. The molecule has 2 aromatic rings. The van der Waals surface area contributed by atoms with Crippen LogP contribution in [0.1, 0.15) is 19.5 Å². The number of aromatic nitrogens is 1. The van der Waals surface area contributed by atoms with Crippen molar-refractivity contribution < 1.29 is 4.79 Å². The van der Waals surface area contributed by atoms with Crippen molar-refractivity contribution in [2.75, 3.05) is 13.1 Å². The van der Waals surface area contributed by atoms with Crippen LogP contribution in [0.5, 0.6) is 0 Å². The molecule has 0 bridgehead atoms. The predicted molar refractivity (Wildman–Crippen MR) is 92.5 cm³/mol. The van der Waals surface area contributed by atoms with Crippen molar-refractivity contribution in [3.05, 3.63) is 40.4 Å². The Morgan fingerprint density at radius 3 is 2.82 bits per heavy atom. The summed E-state index contributed by atoms with van der Waals surface area (Å²) in [7, 11) is 0. The number of hydrogen-bond donors (Lipinski definition) is 2. The van der Waals surface area contributed by atoms with Crippen molar-refractivity contribution in [1.82, 2.24) is 15.6 Å². The van der Waals surface area contributed by atoms with E-state index in [1.54, 1.807) is 11.3 Å². The van der Waals surface area contributed by atoms with Gasteiger partial charge in [0.15, 0.2) is 0 Å². The molecule has 0 atom stereocenters. The van der Waals surface area contributed by atoms with Crippen LogP contribution in [0.3, 0.4) is 0 Å². The van der Waals surface area contributed by atoms with Gasteiger partial charge in [-0.05, 0) is 12.0 Å². The first-order valence-corrected chi connectivity index (χ1v) is 8.53. The zero-order valence-corrected chi connectivity index (χ0v) is 14.3. The largest absolute Gasteiger partial charge is 0.338 e. The average molecular weight is 338 g/mol. The third kappa shape index (κ3) is 5.00. The molecule has 1 aromatic heterocycles. The summed E-state index contributed by atoms with van der Waals surface area (Å²) in [5.41, 5.74) is 1.91. The van der Waals surface area contributed by atoms with Gasteiger partial charge in [-0.3, -0.25) is 0 Å². The zero-order chi connectivity index (χ0) is 15.9. The normalized spacial score (nSPS) is 10.7. The van der Waals surface area contributed by atoms with E-state index in [1.807, 2.05) is 29.6 Å². The topological polar surface area (TPSA) is 54.0 Å². The average Bonchev–Trinajstić information content (AvgIpc) is 2.94. The molecule has 0 unspecified atom stereocenters. The molecule has 0 spiro atoms. The SMILES string of the molecule is CC(C)CNC(=O)NCCc1csc(-c2ccccc2Cl)n1. The molecule has 0 saturated heterocycles. The summed E-state index contributed by atoms with van der Waals surface area (Å²) < 4.78 is 0. The molecule has 0 aliphatic carbocycles. The minimum atomic E-state index is -0.129. The maximum atomic E-state index is 11.6. The highest BCUT2D eigenvalue weighted by Gasteiger charge is 2.08. The Kier molecular flexibility index (Phi) is 6.21. The van der Waals surface area contributed by atoms with Gasteiger partial charge in [-0.2, -0.15) is 0 Å². The van der Waals surface area contributed by atoms with Gasteiger partial charge in [-0.25, -0.2) is 9.78 Å². The number of nitrogens with zero attached hydrogens (tertiary/aromatic N) is 1. The van der Waals surface area contributed by atoms with Crippen LogP contribution in [0.25, 0.3) is 10.6 Å². The first-order valence-electron chi connectivity index (χ1n) is 7.27. The van der Waals surface area contributed by atoms with E-state index in [9.17, 15) is 4.79 Å². The fourth-order valence-electron chi connectivity index (χ4n) is 1.84. The molecule has 0 radical (unpaired) electrons. The Morgan fingerprint density at radius 2 is 2.09 bits per heavy atom. The number of halogens is 1. The highest BCUT2D eigenvalue weighted by molar-refractivity contribution is 7.13. The highest BCUT2D eigenvalue weighted by atomic mass is 35.5. The first-order chi connectivity index (χ1) is 10.6. The maximum absolute atomic E-state index is 11.6. The minimum absolute atomic E-state index is 0.129. The molecule has 22 heavy (non-hydrogen) atoms. The number of hydrogen-bond acceptors (Lipinski definition) is 3. The van der Waals surface area contributed by atoms with E-state index in [0.717, 1.165) is 16.3 Å². The summed E-state index contributed by atoms with van der Waals surface area (Å²) in [4.78, 5) is 16.1. The molecular weight excluding hydrogens is 318 g/mol. The quantitative estimate of drug-likeness (QED) is 0.838. The van der Waals surface area contributed by atoms with Crippen molar-refractivity contribution in [3.63, 3.8) is 0 Å². The standard InChI is InChI=1S/C16H20ClN3OS/c1-11(2)9-19-16(21)18-8-7-12-10-22-15(20-12)13-5-3-4-6-14(13)17/h3-6,10-11H,7-9H2,1-2H3,(H2,18,19,21). The molecule has 2 amide bonds. The van der Waals surface area contributed by atoms with Crippen LogP contribution in [0.2, 0.25) is 5.02 Å². The lowest BCUT2D eigenvalue weighted by molar-refractivity contribution is 0.239. The lowest BCUT2D eigenvalue weighted by atomic mass is 10.2. The van der Waals surface area contributed by atoms with E-state index in [2.05, 4.69) is 29.5 Å². The third-order valence-corrected chi connectivity index (χ3v) is 4.25. The van der Waals surface area contributed by atoms with Gasteiger partial charge < -0.3 is 10.6 Å². The van der Waals surface area contributed by atoms with Crippen molar-refractivity contribution in [1.29, 1.82) is 0 Å². The zero-order valence-electron chi connectivity index (χ0n) is 12.7.